The molecular weight excluding hydrogens is 420 g/mol. The predicted octanol–water partition coefficient (Wildman–Crippen LogP) is 3.19. The molecule has 0 saturated carbocycles. The molecule has 3 heterocycles. The van der Waals surface area contributed by atoms with E-state index in [-0.39, 0.29) is 30.6 Å². The molecule has 0 fully saturated rings. The van der Waals surface area contributed by atoms with Crippen molar-refractivity contribution in [2.45, 2.75) is 52.7 Å². The molecule has 1 aromatic carbocycles. The number of hydrogen-bond acceptors (Lipinski definition) is 6. The molecule has 0 radical (unpaired) electrons. The van der Waals surface area contributed by atoms with E-state index in [0.29, 0.717) is 23.6 Å². The lowest BCUT2D eigenvalue weighted by molar-refractivity contribution is -0.145. The fourth-order valence-corrected chi connectivity index (χ4v) is 3.83. The zero-order valence-electron chi connectivity index (χ0n) is 18.8. The maximum Gasteiger partial charge on any atom is 0.306 e. The van der Waals surface area contributed by atoms with Gasteiger partial charge in [-0.25, -0.2) is 9.97 Å². The van der Waals surface area contributed by atoms with E-state index >= 15 is 0 Å². The number of unbranched alkanes of at least 4 members (excludes halogenated alkanes) is 1. The summed E-state index contributed by atoms with van der Waals surface area (Å²) in [6, 6.07) is 14.3. The molecule has 4 rings (SSSR count). The average Bonchev–Trinajstić information content (AvgIpc) is 2.81. The van der Waals surface area contributed by atoms with Crippen molar-refractivity contribution in [3.63, 3.8) is 0 Å². The lowest BCUT2D eigenvalue weighted by Gasteiger charge is -2.12. The highest BCUT2D eigenvalue weighted by Gasteiger charge is 2.14. The molecule has 0 aliphatic rings. The lowest BCUT2D eigenvalue weighted by atomic mass is 10.2. The third kappa shape index (κ3) is 4.84. The fraction of sp³-hybridized carbons (Fsp3) is 0.320. The van der Waals surface area contributed by atoms with Crippen molar-refractivity contribution in [2.75, 3.05) is 0 Å². The lowest BCUT2D eigenvalue weighted by Crippen LogP contribution is -2.26. The van der Waals surface area contributed by atoms with Gasteiger partial charge in [-0.3, -0.25) is 18.8 Å². The van der Waals surface area contributed by atoms with Crippen molar-refractivity contribution < 1.29 is 9.53 Å². The largest absolute Gasteiger partial charge is 0.459 e. The number of pyridine rings is 1. The monoisotopic (exact) mass is 446 g/mol. The number of esters is 1. The average molecular weight is 447 g/mol. The topological polar surface area (TPSA) is 95.6 Å². The first-order valence-corrected chi connectivity index (χ1v) is 11.1. The van der Waals surface area contributed by atoms with Crippen LogP contribution in [0.4, 0.5) is 0 Å². The van der Waals surface area contributed by atoms with Crippen LogP contribution >= 0.6 is 0 Å². The molecule has 0 bridgehead atoms. The van der Waals surface area contributed by atoms with Gasteiger partial charge in [0.15, 0.2) is 0 Å². The summed E-state index contributed by atoms with van der Waals surface area (Å²) >= 11 is 0. The molecule has 3 aromatic heterocycles. The number of hydrogen-bond donors (Lipinski definition) is 0. The quantitative estimate of drug-likeness (QED) is 0.386. The molecule has 33 heavy (non-hydrogen) atoms. The van der Waals surface area contributed by atoms with E-state index in [2.05, 4.69) is 16.9 Å². The van der Waals surface area contributed by atoms with Crippen molar-refractivity contribution in [2.24, 2.45) is 0 Å². The normalized spacial score (nSPS) is 11.2. The van der Waals surface area contributed by atoms with Crippen molar-refractivity contribution in [1.82, 2.24) is 18.9 Å². The van der Waals surface area contributed by atoms with E-state index in [1.807, 2.05) is 43.3 Å². The number of carbonyl (C=O) groups excluding carboxylic acids is 1. The summed E-state index contributed by atoms with van der Waals surface area (Å²) < 4.78 is 8.56. The van der Waals surface area contributed by atoms with Crippen LogP contribution in [0, 0.1) is 6.92 Å². The van der Waals surface area contributed by atoms with Crippen LogP contribution in [-0.2, 0) is 29.1 Å². The van der Waals surface area contributed by atoms with Gasteiger partial charge in [0, 0.05) is 24.7 Å². The minimum absolute atomic E-state index is 0.0139. The summed E-state index contributed by atoms with van der Waals surface area (Å²) in [4.78, 5) is 46.6. The van der Waals surface area contributed by atoms with Crippen molar-refractivity contribution in [1.29, 1.82) is 0 Å². The Labute approximate surface area is 190 Å². The van der Waals surface area contributed by atoms with E-state index < -0.39 is 5.97 Å². The number of ether oxygens (including phenoxy) is 1. The molecule has 0 spiro atoms. The summed E-state index contributed by atoms with van der Waals surface area (Å²) in [6.45, 7) is 4.40. The van der Waals surface area contributed by atoms with E-state index in [9.17, 15) is 14.4 Å². The van der Waals surface area contributed by atoms with Gasteiger partial charge in [0.1, 0.15) is 17.9 Å². The second kappa shape index (κ2) is 9.77. The predicted molar refractivity (Wildman–Crippen MR) is 125 cm³/mol. The van der Waals surface area contributed by atoms with Gasteiger partial charge in [0.2, 0.25) is 0 Å². The number of rotatable bonds is 8. The minimum atomic E-state index is -0.476. The molecule has 4 aromatic rings. The Balaban J connectivity index is 1.46. The Bertz CT molecular complexity index is 1440. The van der Waals surface area contributed by atoms with Crippen LogP contribution in [0.15, 0.2) is 58.1 Å². The summed E-state index contributed by atoms with van der Waals surface area (Å²) in [5.41, 5.74) is 3.14. The Morgan fingerprint density at radius 3 is 2.70 bits per heavy atom. The second-order valence-electron chi connectivity index (χ2n) is 7.96. The summed E-state index contributed by atoms with van der Waals surface area (Å²) in [7, 11) is 0. The molecule has 0 aliphatic carbocycles. The Morgan fingerprint density at radius 2 is 1.88 bits per heavy atom. The molecule has 8 nitrogen and oxygen atoms in total. The third-order valence-electron chi connectivity index (χ3n) is 5.54. The van der Waals surface area contributed by atoms with Crippen LogP contribution < -0.4 is 11.1 Å². The highest BCUT2D eigenvalue weighted by Crippen LogP contribution is 2.12. The summed E-state index contributed by atoms with van der Waals surface area (Å²) in [6.07, 6.45) is 2.05. The zero-order valence-corrected chi connectivity index (χ0v) is 18.8. The molecule has 8 heteroatoms. The molecule has 170 valence electrons. The van der Waals surface area contributed by atoms with Gasteiger partial charge < -0.3 is 9.30 Å². The standard InChI is InChI=1S/C25H26N4O4/c1-3-4-14-28-21-10-6-5-9-19(21)27-20(25(28)32)12-13-24(31)33-16-18-15-23(30)29-17(2)8-7-11-22(29)26-18/h5-11,15H,3-4,12-14,16H2,1-2H3. The number of benzene rings is 1. The molecule has 0 amide bonds. The van der Waals surface area contributed by atoms with Gasteiger partial charge in [-0.05, 0) is 37.6 Å². The van der Waals surface area contributed by atoms with Crippen molar-refractivity contribution in [3.8, 4) is 0 Å². The molecule has 0 N–H and O–H groups in total. The highest BCUT2D eigenvalue weighted by molar-refractivity contribution is 5.75. The van der Waals surface area contributed by atoms with Gasteiger partial charge in [0.05, 0.1) is 23.1 Å². The van der Waals surface area contributed by atoms with Crippen LogP contribution in [0.1, 0.15) is 43.3 Å². The van der Waals surface area contributed by atoms with Crippen molar-refractivity contribution >= 4 is 22.6 Å². The van der Waals surface area contributed by atoms with Crippen LogP contribution in [0.3, 0.4) is 0 Å². The van der Waals surface area contributed by atoms with E-state index in [1.54, 1.807) is 10.6 Å². The molecule has 0 saturated heterocycles. The SMILES string of the molecule is CCCCn1c(=O)c(CCC(=O)OCc2cc(=O)n3c(C)cccc3n2)nc2ccccc21. The number of aryl methyl sites for hydroxylation is 3. The van der Waals surface area contributed by atoms with Gasteiger partial charge in [-0.2, -0.15) is 0 Å². The third-order valence-corrected chi connectivity index (χ3v) is 5.54. The van der Waals surface area contributed by atoms with Gasteiger partial charge in [0.25, 0.3) is 11.1 Å². The summed E-state index contributed by atoms with van der Waals surface area (Å²) in [5, 5.41) is 0. The van der Waals surface area contributed by atoms with Crippen LogP contribution in [0.2, 0.25) is 0 Å². The zero-order chi connectivity index (χ0) is 23.4. The van der Waals surface area contributed by atoms with E-state index in [0.717, 1.165) is 29.6 Å². The highest BCUT2D eigenvalue weighted by atomic mass is 16.5. The fourth-order valence-electron chi connectivity index (χ4n) is 3.83. The van der Waals surface area contributed by atoms with Crippen LogP contribution in [-0.4, -0.2) is 24.9 Å². The van der Waals surface area contributed by atoms with Gasteiger partial charge >= 0.3 is 5.97 Å². The first-order valence-electron chi connectivity index (χ1n) is 11.1. The molecule has 0 aliphatic heterocycles. The van der Waals surface area contributed by atoms with Gasteiger partial charge in [-0.15, -0.1) is 0 Å². The minimum Gasteiger partial charge on any atom is -0.459 e. The van der Waals surface area contributed by atoms with E-state index in [4.69, 9.17) is 4.74 Å². The van der Waals surface area contributed by atoms with E-state index in [1.165, 1.54) is 10.5 Å². The maximum atomic E-state index is 13.0. The summed E-state index contributed by atoms with van der Waals surface area (Å²) in [5.74, 6) is -0.476. The molecule has 0 unspecified atom stereocenters. The first-order chi connectivity index (χ1) is 16.0. The van der Waals surface area contributed by atoms with Crippen LogP contribution in [0.5, 0.6) is 0 Å². The van der Waals surface area contributed by atoms with Gasteiger partial charge in [-0.1, -0.05) is 31.5 Å². The smallest absolute Gasteiger partial charge is 0.306 e. The van der Waals surface area contributed by atoms with Crippen molar-refractivity contribution in [3.05, 3.63) is 86.3 Å². The number of para-hydroxylation sites is 2. The number of fused-ring (bicyclic) bond motifs is 2. The Kier molecular flexibility index (Phi) is 6.63. The Hall–Kier alpha value is -3.81. The van der Waals surface area contributed by atoms with Crippen LogP contribution in [0.25, 0.3) is 16.7 Å². The number of carbonyl (C=O) groups is 1. The Morgan fingerprint density at radius 1 is 1.06 bits per heavy atom. The second-order valence-corrected chi connectivity index (χ2v) is 7.96. The molecule has 0 atom stereocenters. The number of nitrogens with zero attached hydrogens (tertiary/aromatic N) is 4. The number of aromatic nitrogens is 4. The molecular formula is C25H26N4O4. The first kappa shape index (κ1) is 22.4. The maximum absolute atomic E-state index is 13.0.